The molecule has 0 aromatic heterocycles. The minimum atomic E-state index is -0.654. The van der Waals surface area contributed by atoms with Crippen LogP contribution >= 0.6 is 0 Å². The van der Waals surface area contributed by atoms with E-state index >= 15 is 0 Å². The molecular formula is C24H28N2O4. The Kier molecular flexibility index (Phi) is 6.45. The SMILES string of the molecule is C=CCN1C(=O)C(C)(C)COc2ccc(NC(=O)Cc3ccc(OCC)cc3)cc21. The Morgan fingerprint density at radius 2 is 2.00 bits per heavy atom. The van der Waals surface area contributed by atoms with Crippen molar-refractivity contribution in [3.05, 3.63) is 60.7 Å². The third-order valence-corrected chi connectivity index (χ3v) is 4.86. The minimum absolute atomic E-state index is 0.0426. The second kappa shape index (κ2) is 9.03. The Bertz CT molecular complexity index is 935. The fourth-order valence-electron chi connectivity index (χ4n) is 3.29. The first kappa shape index (κ1) is 21.4. The number of rotatable bonds is 7. The Hall–Kier alpha value is -3.28. The summed E-state index contributed by atoms with van der Waals surface area (Å²) in [7, 11) is 0. The number of hydrogen-bond donors (Lipinski definition) is 1. The lowest BCUT2D eigenvalue weighted by Crippen LogP contribution is -2.42. The normalized spacial score (nSPS) is 14.9. The third kappa shape index (κ3) is 4.82. The van der Waals surface area contributed by atoms with Gasteiger partial charge in [-0.2, -0.15) is 0 Å². The van der Waals surface area contributed by atoms with E-state index in [1.807, 2.05) is 45.0 Å². The van der Waals surface area contributed by atoms with Gasteiger partial charge in [0.05, 0.1) is 24.1 Å². The maximum absolute atomic E-state index is 13.0. The van der Waals surface area contributed by atoms with Gasteiger partial charge in [0.25, 0.3) is 0 Å². The second-order valence-corrected chi connectivity index (χ2v) is 7.86. The van der Waals surface area contributed by atoms with Gasteiger partial charge < -0.3 is 19.7 Å². The molecule has 1 aliphatic heterocycles. The van der Waals surface area contributed by atoms with Gasteiger partial charge in [-0.05, 0) is 56.7 Å². The number of benzene rings is 2. The second-order valence-electron chi connectivity index (χ2n) is 7.86. The molecule has 6 heteroatoms. The Balaban J connectivity index is 1.76. The van der Waals surface area contributed by atoms with Crippen molar-refractivity contribution in [1.29, 1.82) is 0 Å². The quantitative estimate of drug-likeness (QED) is 0.697. The van der Waals surface area contributed by atoms with Crippen molar-refractivity contribution in [2.45, 2.75) is 27.2 Å². The predicted molar refractivity (Wildman–Crippen MR) is 118 cm³/mol. The van der Waals surface area contributed by atoms with Gasteiger partial charge in [-0.1, -0.05) is 18.2 Å². The lowest BCUT2D eigenvalue weighted by molar-refractivity contribution is -0.127. The summed E-state index contributed by atoms with van der Waals surface area (Å²) in [6, 6.07) is 12.8. The molecule has 0 spiro atoms. The van der Waals surface area contributed by atoms with E-state index < -0.39 is 5.41 Å². The Morgan fingerprint density at radius 3 is 2.67 bits per heavy atom. The zero-order chi connectivity index (χ0) is 21.7. The molecule has 2 aromatic carbocycles. The van der Waals surface area contributed by atoms with Crippen LogP contribution in [0.3, 0.4) is 0 Å². The van der Waals surface area contributed by atoms with E-state index in [-0.39, 0.29) is 24.8 Å². The van der Waals surface area contributed by atoms with Crippen molar-refractivity contribution >= 4 is 23.2 Å². The Labute approximate surface area is 177 Å². The van der Waals surface area contributed by atoms with Crippen molar-refractivity contribution < 1.29 is 19.1 Å². The van der Waals surface area contributed by atoms with Crippen LogP contribution in [0.4, 0.5) is 11.4 Å². The number of carbonyl (C=O) groups excluding carboxylic acids is 2. The van der Waals surface area contributed by atoms with Crippen LogP contribution in [0.1, 0.15) is 26.3 Å². The highest BCUT2D eigenvalue weighted by Gasteiger charge is 2.37. The standard InChI is InChI=1S/C24H28N2O4/c1-5-13-26-20-15-18(9-12-21(20)30-16-24(3,4)23(26)28)25-22(27)14-17-7-10-19(11-8-17)29-6-2/h5,7-12,15H,1,6,13-14,16H2,2-4H3,(H,25,27). The van der Waals surface area contributed by atoms with Crippen LogP contribution in [0.2, 0.25) is 0 Å². The molecule has 0 unspecified atom stereocenters. The number of nitrogens with zero attached hydrogens (tertiary/aromatic N) is 1. The summed E-state index contributed by atoms with van der Waals surface area (Å²) in [6.07, 6.45) is 1.92. The van der Waals surface area contributed by atoms with Gasteiger partial charge in [-0.3, -0.25) is 9.59 Å². The fourth-order valence-corrected chi connectivity index (χ4v) is 3.29. The summed E-state index contributed by atoms with van der Waals surface area (Å²) in [6.45, 7) is 10.7. The zero-order valence-electron chi connectivity index (χ0n) is 17.7. The lowest BCUT2D eigenvalue weighted by atomic mass is 9.93. The third-order valence-electron chi connectivity index (χ3n) is 4.86. The van der Waals surface area contributed by atoms with Crippen molar-refractivity contribution in [1.82, 2.24) is 0 Å². The molecule has 0 saturated carbocycles. The molecular weight excluding hydrogens is 380 g/mol. The van der Waals surface area contributed by atoms with Crippen LogP contribution in [0.25, 0.3) is 0 Å². The fraction of sp³-hybridized carbons (Fsp3) is 0.333. The van der Waals surface area contributed by atoms with Crippen LogP contribution in [-0.4, -0.2) is 31.6 Å². The first-order chi connectivity index (χ1) is 14.3. The minimum Gasteiger partial charge on any atom is -0.494 e. The van der Waals surface area contributed by atoms with E-state index in [4.69, 9.17) is 9.47 Å². The molecule has 6 nitrogen and oxygen atoms in total. The van der Waals surface area contributed by atoms with E-state index in [1.165, 1.54) is 0 Å². The van der Waals surface area contributed by atoms with E-state index in [0.717, 1.165) is 11.3 Å². The van der Waals surface area contributed by atoms with Crippen LogP contribution in [0.5, 0.6) is 11.5 Å². The molecule has 158 valence electrons. The topological polar surface area (TPSA) is 67.9 Å². The zero-order valence-corrected chi connectivity index (χ0v) is 17.7. The summed E-state index contributed by atoms with van der Waals surface area (Å²) < 4.78 is 11.3. The smallest absolute Gasteiger partial charge is 0.236 e. The molecule has 3 rings (SSSR count). The molecule has 0 fully saturated rings. The first-order valence-corrected chi connectivity index (χ1v) is 10.1. The van der Waals surface area contributed by atoms with Gasteiger partial charge >= 0.3 is 0 Å². The van der Waals surface area contributed by atoms with Gasteiger partial charge in [0, 0.05) is 12.2 Å². The summed E-state index contributed by atoms with van der Waals surface area (Å²) >= 11 is 0. The monoisotopic (exact) mass is 408 g/mol. The van der Waals surface area contributed by atoms with Gasteiger partial charge in [0.1, 0.15) is 18.1 Å². The van der Waals surface area contributed by atoms with E-state index in [1.54, 1.807) is 29.2 Å². The highest BCUT2D eigenvalue weighted by atomic mass is 16.5. The van der Waals surface area contributed by atoms with Gasteiger partial charge in [0.2, 0.25) is 11.8 Å². The van der Waals surface area contributed by atoms with Crippen molar-refractivity contribution in [3.8, 4) is 11.5 Å². The molecule has 30 heavy (non-hydrogen) atoms. The molecule has 0 bridgehead atoms. The van der Waals surface area contributed by atoms with Gasteiger partial charge in [-0.25, -0.2) is 0 Å². The number of fused-ring (bicyclic) bond motifs is 1. The molecule has 0 saturated heterocycles. The maximum Gasteiger partial charge on any atom is 0.236 e. The van der Waals surface area contributed by atoms with Crippen LogP contribution in [0, 0.1) is 5.41 Å². The summed E-state index contributed by atoms with van der Waals surface area (Å²) in [5.41, 5.74) is 1.47. The van der Waals surface area contributed by atoms with E-state index in [2.05, 4.69) is 11.9 Å². The maximum atomic E-state index is 13.0. The van der Waals surface area contributed by atoms with Gasteiger partial charge in [-0.15, -0.1) is 6.58 Å². The lowest BCUT2D eigenvalue weighted by Gasteiger charge is -2.27. The van der Waals surface area contributed by atoms with Crippen molar-refractivity contribution in [2.24, 2.45) is 5.41 Å². The van der Waals surface area contributed by atoms with Crippen LogP contribution < -0.4 is 19.7 Å². The molecule has 1 heterocycles. The number of anilines is 2. The summed E-state index contributed by atoms with van der Waals surface area (Å²) in [4.78, 5) is 27.2. The Morgan fingerprint density at radius 1 is 1.27 bits per heavy atom. The van der Waals surface area contributed by atoms with Crippen molar-refractivity contribution in [3.63, 3.8) is 0 Å². The number of carbonyl (C=O) groups is 2. The van der Waals surface area contributed by atoms with Crippen molar-refractivity contribution in [2.75, 3.05) is 30.0 Å². The van der Waals surface area contributed by atoms with Crippen LogP contribution in [-0.2, 0) is 16.0 Å². The van der Waals surface area contributed by atoms with Crippen LogP contribution in [0.15, 0.2) is 55.1 Å². The first-order valence-electron chi connectivity index (χ1n) is 10.1. The van der Waals surface area contributed by atoms with E-state index in [9.17, 15) is 9.59 Å². The number of ether oxygens (including phenoxy) is 2. The van der Waals surface area contributed by atoms with E-state index in [0.29, 0.717) is 30.3 Å². The molecule has 1 N–H and O–H groups in total. The molecule has 0 aliphatic carbocycles. The number of nitrogens with one attached hydrogen (secondary N) is 1. The predicted octanol–water partition coefficient (Wildman–Crippen LogP) is 4.20. The number of hydrogen-bond acceptors (Lipinski definition) is 4. The molecule has 1 aliphatic rings. The highest BCUT2D eigenvalue weighted by Crippen LogP contribution is 2.38. The van der Waals surface area contributed by atoms with Gasteiger partial charge in [0.15, 0.2) is 0 Å². The number of amides is 2. The molecule has 0 atom stereocenters. The summed E-state index contributed by atoms with van der Waals surface area (Å²) in [5.74, 6) is 1.21. The average Bonchev–Trinajstić information content (AvgIpc) is 2.80. The molecule has 0 radical (unpaired) electrons. The largest absolute Gasteiger partial charge is 0.494 e. The average molecular weight is 408 g/mol. The summed E-state index contributed by atoms with van der Waals surface area (Å²) in [5, 5.41) is 2.91. The molecule has 2 amide bonds. The molecule has 2 aromatic rings. The highest BCUT2D eigenvalue weighted by molar-refractivity contribution is 6.01.